The summed E-state index contributed by atoms with van der Waals surface area (Å²) in [6.45, 7) is 8.13. The van der Waals surface area contributed by atoms with Gasteiger partial charge in [-0.05, 0) is 38.0 Å². The minimum atomic E-state index is 0.0325. The molecule has 0 N–H and O–H groups in total. The summed E-state index contributed by atoms with van der Waals surface area (Å²) in [6.07, 6.45) is 5.95. The van der Waals surface area contributed by atoms with Crippen LogP contribution >= 0.6 is 0 Å². The van der Waals surface area contributed by atoms with Gasteiger partial charge in [0.15, 0.2) is 0 Å². The Morgan fingerprint density at radius 2 is 2.19 bits per heavy atom. The van der Waals surface area contributed by atoms with E-state index in [2.05, 4.69) is 27.7 Å². The molecule has 0 spiro atoms. The van der Waals surface area contributed by atoms with Gasteiger partial charge < -0.3 is 14.5 Å². The first-order chi connectivity index (χ1) is 15.5. The van der Waals surface area contributed by atoms with Crippen LogP contribution in [0.5, 0.6) is 0 Å². The van der Waals surface area contributed by atoms with Gasteiger partial charge in [-0.3, -0.25) is 4.79 Å². The zero-order chi connectivity index (χ0) is 22.7. The zero-order valence-corrected chi connectivity index (χ0v) is 18.6. The fourth-order valence-corrected chi connectivity index (χ4v) is 4.22. The molecule has 0 radical (unpaired) electrons. The molecule has 166 valence electrons. The molecule has 2 fully saturated rings. The maximum Gasteiger partial charge on any atom is 0.225 e. The molecular formula is C24H28N6O2. The molecule has 1 aliphatic heterocycles. The quantitative estimate of drug-likeness (QED) is 0.664. The van der Waals surface area contributed by atoms with E-state index in [9.17, 15) is 10.1 Å². The predicted octanol–water partition coefficient (Wildman–Crippen LogP) is 3.00. The molecule has 32 heavy (non-hydrogen) atoms. The first kappa shape index (κ1) is 21.9. The number of aromatic nitrogens is 3. The van der Waals surface area contributed by atoms with Crippen molar-refractivity contribution in [3.8, 4) is 17.2 Å². The van der Waals surface area contributed by atoms with Crippen molar-refractivity contribution in [2.24, 2.45) is 0 Å². The van der Waals surface area contributed by atoms with E-state index < -0.39 is 0 Å². The lowest BCUT2D eigenvalue weighted by Crippen LogP contribution is -2.54. The van der Waals surface area contributed by atoms with Gasteiger partial charge in [0.25, 0.3) is 0 Å². The van der Waals surface area contributed by atoms with Crippen molar-refractivity contribution in [3.05, 3.63) is 41.9 Å². The molecule has 1 saturated heterocycles. The zero-order valence-electron chi connectivity index (χ0n) is 18.6. The third kappa shape index (κ3) is 4.48. The Morgan fingerprint density at radius 3 is 2.84 bits per heavy atom. The van der Waals surface area contributed by atoms with Crippen molar-refractivity contribution < 1.29 is 9.53 Å². The molecule has 0 aromatic carbocycles. The number of piperazine rings is 1. The number of carbonyl (C=O) groups excluding carboxylic acids is 1. The Labute approximate surface area is 188 Å². The molecule has 2 aliphatic rings. The maximum atomic E-state index is 12.5. The average molecular weight is 433 g/mol. The average Bonchev–Trinajstić information content (AvgIpc) is 3.67. The van der Waals surface area contributed by atoms with Crippen LogP contribution in [0.25, 0.3) is 17.2 Å². The summed E-state index contributed by atoms with van der Waals surface area (Å²) >= 11 is 0. The molecule has 8 nitrogen and oxygen atoms in total. The number of ether oxygens (including phenoxy) is 1. The lowest BCUT2D eigenvalue weighted by Gasteiger charge is -2.41. The van der Waals surface area contributed by atoms with Crippen molar-refractivity contribution in [2.45, 2.75) is 38.1 Å². The lowest BCUT2D eigenvalue weighted by molar-refractivity contribution is -0.134. The van der Waals surface area contributed by atoms with E-state index in [1.54, 1.807) is 19.4 Å². The van der Waals surface area contributed by atoms with E-state index in [1.165, 1.54) is 0 Å². The van der Waals surface area contributed by atoms with Crippen molar-refractivity contribution in [2.75, 3.05) is 38.3 Å². The largest absolute Gasteiger partial charge is 0.384 e. The van der Waals surface area contributed by atoms with Gasteiger partial charge >= 0.3 is 0 Å². The summed E-state index contributed by atoms with van der Waals surface area (Å²) in [5, 5.41) is 18.1. The van der Waals surface area contributed by atoms with E-state index in [1.807, 2.05) is 24.0 Å². The molecule has 3 heterocycles. The molecule has 0 bridgehead atoms. The Balaban J connectivity index is 1.64. The van der Waals surface area contributed by atoms with Crippen LogP contribution in [0.2, 0.25) is 0 Å². The molecule has 1 unspecified atom stereocenters. The first-order valence-electron chi connectivity index (χ1n) is 11.0. The first-order valence-corrected chi connectivity index (χ1v) is 11.0. The van der Waals surface area contributed by atoms with Gasteiger partial charge in [-0.1, -0.05) is 6.58 Å². The van der Waals surface area contributed by atoms with E-state index in [0.29, 0.717) is 55.7 Å². The van der Waals surface area contributed by atoms with Crippen molar-refractivity contribution >= 4 is 17.8 Å². The second-order valence-corrected chi connectivity index (χ2v) is 8.38. The standard InChI is InChI=1S/C24H28N6O2/c1-4-20-11-19(14-26-28-20)21-12-18(13-25)24(27-23(21)17-5-6-17)29-8-9-30(16(2)15-29)22(31)7-10-32-3/h4,11-12,14,16-17H,1,5-10,15H2,2-3H3. The third-order valence-electron chi connectivity index (χ3n) is 6.08. The summed E-state index contributed by atoms with van der Waals surface area (Å²) < 4.78 is 5.05. The smallest absolute Gasteiger partial charge is 0.225 e. The van der Waals surface area contributed by atoms with Crippen LogP contribution in [0, 0.1) is 11.3 Å². The molecular weight excluding hydrogens is 404 g/mol. The van der Waals surface area contributed by atoms with Crippen LogP contribution in [0.15, 0.2) is 24.9 Å². The highest BCUT2D eigenvalue weighted by atomic mass is 16.5. The molecule has 4 rings (SSSR count). The summed E-state index contributed by atoms with van der Waals surface area (Å²) in [5.41, 5.74) is 4.07. The number of amides is 1. The van der Waals surface area contributed by atoms with E-state index >= 15 is 0 Å². The highest BCUT2D eigenvalue weighted by molar-refractivity contribution is 5.77. The Morgan fingerprint density at radius 1 is 1.38 bits per heavy atom. The normalized spacial score (nSPS) is 18.3. The highest BCUT2D eigenvalue weighted by Gasteiger charge is 2.33. The van der Waals surface area contributed by atoms with Crippen LogP contribution in [0.4, 0.5) is 5.82 Å². The van der Waals surface area contributed by atoms with Crippen molar-refractivity contribution in [3.63, 3.8) is 0 Å². The molecule has 8 heteroatoms. The Hall–Kier alpha value is -3.31. The molecule has 1 saturated carbocycles. The van der Waals surface area contributed by atoms with Crippen LogP contribution in [-0.4, -0.2) is 65.4 Å². The third-order valence-corrected chi connectivity index (χ3v) is 6.08. The molecule has 2 aromatic rings. The second kappa shape index (κ2) is 9.45. The fourth-order valence-electron chi connectivity index (χ4n) is 4.22. The number of rotatable bonds is 7. The number of nitrogens with zero attached hydrogens (tertiary/aromatic N) is 6. The van der Waals surface area contributed by atoms with Crippen LogP contribution in [0.3, 0.4) is 0 Å². The monoisotopic (exact) mass is 432 g/mol. The highest BCUT2D eigenvalue weighted by Crippen LogP contribution is 2.45. The minimum absolute atomic E-state index is 0.0325. The van der Waals surface area contributed by atoms with Gasteiger partial charge in [0.1, 0.15) is 11.9 Å². The molecule has 1 aliphatic carbocycles. The second-order valence-electron chi connectivity index (χ2n) is 8.38. The number of methoxy groups -OCH3 is 1. The van der Waals surface area contributed by atoms with Gasteiger partial charge in [-0.2, -0.15) is 15.5 Å². The lowest BCUT2D eigenvalue weighted by atomic mass is 10.00. The van der Waals surface area contributed by atoms with E-state index in [0.717, 1.165) is 29.7 Å². The molecule has 1 amide bonds. The predicted molar refractivity (Wildman–Crippen MR) is 122 cm³/mol. The molecule has 1 atom stereocenters. The van der Waals surface area contributed by atoms with Gasteiger partial charge in [-0.25, -0.2) is 4.98 Å². The Bertz CT molecular complexity index is 1060. The van der Waals surface area contributed by atoms with Gasteiger partial charge in [0.05, 0.1) is 36.2 Å². The van der Waals surface area contributed by atoms with Crippen LogP contribution in [-0.2, 0) is 9.53 Å². The van der Waals surface area contributed by atoms with Crippen molar-refractivity contribution in [1.29, 1.82) is 5.26 Å². The number of nitriles is 1. The fraction of sp³-hybridized carbons (Fsp3) is 0.458. The topological polar surface area (TPSA) is 95.2 Å². The van der Waals surface area contributed by atoms with Crippen LogP contribution < -0.4 is 4.90 Å². The molecule has 2 aromatic heterocycles. The summed E-state index contributed by atoms with van der Waals surface area (Å²) in [5.74, 6) is 1.20. The van der Waals surface area contributed by atoms with Gasteiger partial charge in [0, 0.05) is 49.8 Å². The van der Waals surface area contributed by atoms with Gasteiger partial charge in [-0.15, -0.1) is 0 Å². The number of anilines is 1. The summed E-state index contributed by atoms with van der Waals surface area (Å²) in [4.78, 5) is 21.5. The number of pyridine rings is 1. The van der Waals surface area contributed by atoms with E-state index in [4.69, 9.17) is 9.72 Å². The summed E-state index contributed by atoms with van der Waals surface area (Å²) in [7, 11) is 1.60. The minimum Gasteiger partial charge on any atom is -0.384 e. The van der Waals surface area contributed by atoms with Crippen LogP contribution in [0.1, 0.15) is 49.1 Å². The Kier molecular flexibility index (Phi) is 6.47. The van der Waals surface area contributed by atoms with Gasteiger partial charge in [0.2, 0.25) is 5.91 Å². The van der Waals surface area contributed by atoms with E-state index in [-0.39, 0.29) is 11.9 Å². The van der Waals surface area contributed by atoms with Crippen molar-refractivity contribution in [1.82, 2.24) is 20.1 Å². The maximum absolute atomic E-state index is 12.5. The SMILES string of the molecule is C=Cc1cc(-c2cc(C#N)c(N3CCN(C(=O)CCOC)C(C)C3)nc2C2CC2)cnn1. The number of carbonyl (C=O) groups is 1. The summed E-state index contributed by atoms with van der Waals surface area (Å²) in [6, 6.07) is 6.23. The number of hydrogen-bond donors (Lipinski definition) is 0. The number of hydrogen-bond acceptors (Lipinski definition) is 7.